The van der Waals surface area contributed by atoms with Crippen molar-refractivity contribution >= 4 is 18.2 Å². The van der Waals surface area contributed by atoms with Crippen molar-refractivity contribution in [3.63, 3.8) is 0 Å². The van der Waals surface area contributed by atoms with Crippen LogP contribution in [0.4, 0.5) is 5.82 Å². The summed E-state index contributed by atoms with van der Waals surface area (Å²) in [5, 5.41) is 28.2. The second kappa shape index (κ2) is 7.39. The van der Waals surface area contributed by atoms with Gasteiger partial charge in [0.1, 0.15) is 23.2 Å². The zero-order valence-corrected chi connectivity index (χ0v) is 16.6. The van der Waals surface area contributed by atoms with Crippen molar-refractivity contribution in [2.75, 3.05) is 12.3 Å². The fourth-order valence-corrected chi connectivity index (χ4v) is 4.30. The van der Waals surface area contributed by atoms with E-state index in [2.05, 4.69) is 16.4 Å². The van der Waals surface area contributed by atoms with E-state index >= 15 is 0 Å². The van der Waals surface area contributed by atoms with Crippen LogP contribution in [0.25, 0.3) is 22.5 Å². The van der Waals surface area contributed by atoms with Crippen LogP contribution in [0.3, 0.4) is 0 Å². The molecule has 0 spiro atoms. The van der Waals surface area contributed by atoms with Gasteiger partial charge in [0.2, 0.25) is 0 Å². The number of nitriles is 1. The number of pyridine rings is 1. The van der Waals surface area contributed by atoms with Gasteiger partial charge in [-0.1, -0.05) is 12.1 Å². The number of aromatic nitrogens is 3. The van der Waals surface area contributed by atoms with Crippen LogP contribution in [0.5, 0.6) is 5.75 Å². The Hall–Kier alpha value is -3.08. The lowest BCUT2D eigenvalue weighted by Gasteiger charge is -2.23. The van der Waals surface area contributed by atoms with E-state index in [1.165, 1.54) is 0 Å². The number of fused-ring (bicyclic) bond motifs is 4. The third-order valence-corrected chi connectivity index (χ3v) is 5.62. The number of aromatic hydroxyl groups is 1. The number of aryl methyl sites for hydroxylation is 1. The van der Waals surface area contributed by atoms with Crippen molar-refractivity contribution in [2.45, 2.75) is 32.4 Å². The third-order valence-electron chi connectivity index (χ3n) is 5.62. The van der Waals surface area contributed by atoms with Crippen LogP contribution >= 0.6 is 12.4 Å². The van der Waals surface area contributed by atoms with Gasteiger partial charge in [-0.25, -0.2) is 4.98 Å². The highest BCUT2D eigenvalue weighted by Crippen LogP contribution is 2.42. The van der Waals surface area contributed by atoms with Crippen LogP contribution in [0.1, 0.15) is 28.8 Å². The van der Waals surface area contributed by atoms with Crippen molar-refractivity contribution in [3.8, 4) is 34.3 Å². The van der Waals surface area contributed by atoms with Gasteiger partial charge in [0.05, 0.1) is 17.1 Å². The lowest BCUT2D eigenvalue weighted by Crippen LogP contribution is -2.12. The molecule has 5 rings (SSSR count). The molecule has 0 amide bonds. The minimum absolute atomic E-state index is 0. The van der Waals surface area contributed by atoms with Gasteiger partial charge in [-0.3, -0.25) is 4.68 Å². The average Bonchev–Trinajstić information content (AvgIpc) is 2.97. The number of nitrogens with one attached hydrogen (secondary N) is 1. The number of hydrogen-bond acceptors (Lipinski definition) is 6. The number of hydrogen-bond donors (Lipinski definition) is 3. The average molecular weight is 409 g/mol. The standard InChI is InChI=1S/C21H20N6O.ClH/c22-10-16-19(17-9-12-11-24-7-2-8-27(12)26-17)15-6-5-13-14(3-1-4-18(13)28)20(15)25-21(16)23;/h1,3-4,9,24,28H,2,5-8,11H2,(H2,23,25);1H. The molecule has 1 aliphatic heterocycles. The van der Waals surface area contributed by atoms with Crippen LogP contribution < -0.4 is 11.1 Å². The van der Waals surface area contributed by atoms with Crippen molar-refractivity contribution in [3.05, 3.63) is 46.6 Å². The fraction of sp³-hybridized carbons (Fsp3) is 0.286. The van der Waals surface area contributed by atoms with E-state index in [1.54, 1.807) is 6.07 Å². The first kappa shape index (κ1) is 19.2. The molecule has 2 aromatic heterocycles. The molecule has 0 fully saturated rings. The highest BCUT2D eigenvalue weighted by Gasteiger charge is 2.28. The Balaban J connectivity index is 0.00000205. The molecule has 148 valence electrons. The van der Waals surface area contributed by atoms with E-state index in [1.807, 2.05) is 22.9 Å². The topological polar surface area (TPSA) is 113 Å². The number of nitrogen functional groups attached to an aromatic ring is 1. The van der Waals surface area contributed by atoms with Gasteiger partial charge in [0.15, 0.2) is 0 Å². The van der Waals surface area contributed by atoms with Gasteiger partial charge < -0.3 is 16.2 Å². The second-order valence-electron chi connectivity index (χ2n) is 7.26. The largest absolute Gasteiger partial charge is 0.508 e. The molecule has 7 nitrogen and oxygen atoms in total. The summed E-state index contributed by atoms with van der Waals surface area (Å²) in [7, 11) is 0. The van der Waals surface area contributed by atoms with E-state index in [-0.39, 0.29) is 24.0 Å². The molecule has 4 N–H and O–H groups in total. The minimum atomic E-state index is 0. The highest BCUT2D eigenvalue weighted by atomic mass is 35.5. The quantitative estimate of drug-likeness (QED) is 0.570. The monoisotopic (exact) mass is 408 g/mol. The molecule has 0 saturated heterocycles. The second-order valence-corrected chi connectivity index (χ2v) is 7.26. The zero-order valence-electron chi connectivity index (χ0n) is 15.8. The summed E-state index contributed by atoms with van der Waals surface area (Å²) >= 11 is 0. The first-order valence-electron chi connectivity index (χ1n) is 9.49. The summed E-state index contributed by atoms with van der Waals surface area (Å²) in [5.41, 5.74) is 12.7. The van der Waals surface area contributed by atoms with E-state index in [9.17, 15) is 10.4 Å². The highest BCUT2D eigenvalue weighted by molar-refractivity contribution is 5.86. The van der Waals surface area contributed by atoms with E-state index in [0.717, 1.165) is 65.4 Å². The van der Waals surface area contributed by atoms with Crippen LogP contribution in [0.2, 0.25) is 0 Å². The summed E-state index contributed by atoms with van der Waals surface area (Å²) in [6.45, 7) is 2.58. The Kier molecular flexibility index (Phi) is 4.91. The lowest BCUT2D eigenvalue weighted by atomic mass is 9.84. The Labute approximate surface area is 174 Å². The Morgan fingerprint density at radius 2 is 2.07 bits per heavy atom. The molecule has 2 aliphatic rings. The van der Waals surface area contributed by atoms with Gasteiger partial charge in [-0.15, -0.1) is 12.4 Å². The number of halogens is 1. The molecule has 0 bridgehead atoms. The maximum atomic E-state index is 10.2. The maximum Gasteiger partial charge on any atom is 0.142 e. The first-order chi connectivity index (χ1) is 13.7. The predicted octanol–water partition coefficient (Wildman–Crippen LogP) is 2.79. The van der Waals surface area contributed by atoms with Gasteiger partial charge in [-0.05, 0) is 43.5 Å². The smallest absolute Gasteiger partial charge is 0.142 e. The summed E-state index contributed by atoms with van der Waals surface area (Å²) in [6, 6.07) is 9.73. The number of phenolic OH excluding ortho intramolecular Hbond substituents is 1. The van der Waals surface area contributed by atoms with Crippen molar-refractivity contribution in [1.29, 1.82) is 5.26 Å². The maximum absolute atomic E-state index is 10.2. The van der Waals surface area contributed by atoms with Crippen LogP contribution in [0, 0.1) is 11.3 Å². The molecule has 3 aromatic rings. The summed E-state index contributed by atoms with van der Waals surface area (Å²) in [5.74, 6) is 0.475. The van der Waals surface area contributed by atoms with Crippen molar-refractivity contribution in [1.82, 2.24) is 20.1 Å². The molecule has 0 unspecified atom stereocenters. The van der Waals surface area contributed by atoms with Crippen molar-refractivity contribution in [2.24, 2.45) is 0 Å². The molecule has 0 radical (unpaired) electrons. The Bertz CT molecular complexity index is 1120. The molecule has 8 heteroatoms. The summed E-state index contributed by atoms with van der Waals surface area (Å²) in [4.78, 5) is 4.55. The van der Waals surface area contributed by atoms with Gasteiger partial charge in [-0.2, -0.15) is 10.4 Å². The molecular weight excluding hydrogens is 388 g/mol. The Morgan fingerprint density at radius 1 is 1.24 bits per heavy atom. The van der Waals surface area contributed by atoms with Gasteiger partial charge in [0.25, 0.3) is 0 Å². The molecule has 29 heavy (non-hydrogen) atoms. The lowest BCUT2D eigenvalue weighted by molar-refractivity contribution is 0.468. The van der Waals surface area contributed by atoms with Crippen LogP contribution in [0.15, 0.2) is 24.3 Å². The zero-order chi connectivity index (χ0) is 19.3. The fourth-order valence-electron chi connectivity index (χ4n) is 4.30. The molecule has 3 heterocycles. The van der Waals surface area contributed by atoms with Crippen LogP contribution in [-0.4, -0.2) is 26.4 Å². The minimum Gasteiger partial charge on any atom is -0.508 e. The molecular formula is C21H21ClN6O. The van der Waals surface area contributed by atoms with E-state index < -0.39 is 0 Å². The number of rotatable bonds is 1. The number of anilines is 1. The van der Waals surface area contributed by atoms with E-state index in [0.29, 0.717) is 18.4 Å². The normalized spacial score (nSPS) is 14.6. The SMILES string of the molecule is Cl.N#Cc1c(N)nc2c(c1-c1cc3n(n1)CCCNC3)CCc1c(O)cccc1-2. The number of nitrogens with zero attached hydrogens (tertiary/aromatic N) is 4. The summed E-state index contributed by atoms with van der Waals surface area (Å²) in [6.07, 6.45) is 2.38. The molecule has 0 saturated carbocycles. The number of phenols is 1. The molecule has 1 aromatic carbocycles. The van der Waals surface area contributed by atoms with Crippen LogP contribution in [-0.2, 0) is 25.9 Å². The molecule has 1 aliphatic carbocycles. The van der Waals surface area contributed by atoms with Gasteiger partial charge >= 0.3 is 0 Å². The Morgan fingerprint density at radius 3 is 2.90 bits per heavy atom. The number of nitrogens with two attached hydrogens (primary N) is 1. The molecule has 0 atom stereocenters. The number of benzene rings is 1. The predicted molar refractivity (Wildman–Crippen MR) is 113 cm³/mol. The third kappa shape index (κ3) is 3.01. The van der Waals surface area contributed by atoms with E-state index in [4.69, 9.17) is 10.8 Å². The van der Waals surface area contributed by atoms with Crippen molar-refractivity contribution < 1.29 is 5.11 Å². The van der Waals surface area contributed by atoms with Gasteiger partial charge in [0, 0.05) is 29.8 Å². The summed E-state index contributed by atoms with van der Waals surface area (Å²) < 4.78 is 2.02. The first-order valence-corrected chi connectivity index (χ1v) is 9.49.